The van der Waals surface area contributed by atoms with Crippen molar-refractivity contribution < 1.29 is 4.68 Å². The predicted molar refractivity (Wildman–Crippen MR) is 30.1 cm³/mol. The van der Waals surface area contributed by atoms with Gasteiger partial charge in [0.2, 0.25) is 0 Å². The molecule has 2 N–H and O–H groups in total. The fourth-order valence-electron chi connectivity index (χ4n) is 0.668. The topological polar surface area (TPSA) is 74.1 Å². The molecule has 0 radical (unpaired) electrons. The Morgan fingerprint density at radius 2 is 2.40 bits per heavy atom. The fraction of sp³-hybridized carbons (Fsp3) is 0. The third kappa shape index (κ3) is 0.661. The Morgan fingerprint density at radius 1 is 1.40 bits per heavy atom. The third-order valence-corrected chi connectivity index (χ3v) is 1.10. The average Bonchev–Trinajstić information content (AvgIpc) is 2.59. The molecule has 0 saturated heterocycles. The van der Waals surface area contributed by atoms with Crippen LogP contribution in [-0.2, 0) is 0 Å². The van der Waals surface area contributed by atoms with Gasteiger partial charge < -0.3 is 0 Å². The maximum absolute atomic E-state index is 3.81. The van der Waals surface area contributed by atoms with Gasteiger partial charge in [-0.25, -0.2) is 0 Å². The SMILES string of the molecule is c1c[n+](-c2cn[nH]n2)[nH]n1. The lowest BCUT2D eigenvalue weighted by atomic mass is 10.7. The molecule has 0 bridgehead atoms. The normalized spacial score (nSPS) is 10.0. The summed E-state index contributed by atoms with van der Waals surface area (Å²) in [7, 11) is 0. The van der Waals surface area contributed by atoms with Gasteiger partial charge in [0.25, 0.3) is 0 Å². The van der Waals surface area contributed by atoms with Crippen LogP contribution in [0.5, 0.6) is 0 Å². The van der Waals surface area contributed by atoms with Crippen molar-refractivity contribution in [3.05, 3.63) is 18.6 Å². The van der Waals surface area contributed by atoms with Crippen LogP contribution in [0.1, 0.15) is 0 Å². The van der Waals surface area contributed by atoms with E-state index in [4.69, 9.17) is 0 Å². The molecule has 0 aromatic carbocycles. The largest absolute Gasteiger partial charge is 0.329 e. The highest BCUT2D eigenvalue weighted by Gasteiger charge is 2.04. The van der Waals surface area contributed by atoms with Gasteiger partial charge in [0, 0.05) is 5.10 Å². The Bertz CT molecular complexity index is 249. The highest BCUT2D eigenvalue weighted by atomic mass is 15.5. The van der Waals surface area contributed by atoms with E-state index in [9.17, 15) is 0 Å². The van der Waals surface area contributed by atoms with Gasteiger partial charge in [0.15, 0.2) is 6.20 Å². The van der Waals surface area contributed by atoms with E-state index in [1.165, 1.54) is 0 Å². The van der Waals surface area contributed by atoms with E-state index in [-0.39, 0.29) is 0 Å². The third-order valence-electron chi connectivity index (χ3n) is 1.10. The van der Waals surface area contributed by atoms with Crippen LogP contribution in [-0.4, -0.2) is 25.7 Å². The van der Waals surface area contributed by atoms with Gasteiger partial charge in [0.05, 0.1) is 0 Å². The van der Waals surface area contributed by atoms with E-state index in [0.29, 0.717) is 5.82 Å². The molecule has 0 atom stereocenters. The number of nitrogens with zero attached hydrogens (tertiary/aromatic N) is 4. The zero-order chi connectivity index (χ0) is 6.81. The van der Waals surface area contributed by atoms with E-state index >= 15 is 0 Å². The van der Waals surface area contributed by atoms with E-state index in [1.807, 2.05) is 0 Å². The van der Waals surface area contributed by atoms with Gasteiger partial charge in [-0.15, -0.1) is 20.2 Å². The molecule has 0 spiro atoms. The minimum absolute atomic E-state index is 0.692. The van der Waals surface area contributed by atoms with Gasteiger partial charge in [-0.2, -0.15) is 0 Å². The Kier molecular flexibility index (Phi) is 0.970. The van der Waals surface area contributed by atoms with Crippen molar-refractivity contribution in [1.82, 2.24) is 25.7 Å². The first-order valence-electron chi connectivity index (χ1n) is 2.74. The first kappa shape index (κ1) is 5.10. The molecule has 50 valence electrons. The lowest BCUT2D eigenvalue weighted by Gasteiger charge is -1.79. The van der Waals surface area contributed by atoms with Crippen LogP contribution in [0, 0.1) is 0 Å². The van der Waals surface area contributed by atoms with E-state index in [0.717, 1.165) is 0 Å². The summed E-state index contributed by atoms with van der Waals surface area (Å²) in [5, 5.41) is 16.4. The first-order valence-corrected chi connectivity index (χ1v) is 2.74. The van der Waals surface area contributed by atoms with Crippen LogP contribution in [0.25, 0.3) is 5.82 Å². The van der Waals surface area contributed by atoms with Crippen LogP contribution in [0.3, 0.4) is 0 Å². The summed E-state index contributed by atoms with van der Waals surface area (Å²) >= 11 is 0. The highest BCUT2D eigenvalue weighted by molar-refractivity contribution is 4.96. The van der Waals surface area contributed by atoms with Crippen molar-refractivity contribution >= 4 is 0 Å². The molecule has 0 amide bonds. The second-order valence-electron chi connectivity index (χ2n) is 1.73. The first-order chi connectivity index (χ1) is 4.97. The van der Waals surface area contributed by atoms with Gasteiger partial charge >= 0.3 is 5.82 Å². The molecule has 10 heavy (non-hydrogen) atoms. The molecule has 0 unspecified atom stereocenters. The van der Waals surface area contributed by atoms with Crippen molar-refractivity contribution in [2.45, 2.75) is 0 Å². The summed E-state index contributed by atoms with van der Waals surface area (Å²) in [6.45, 7) is 0. The molecule has 0 saturated carbocycles. The Hall–Kier alpha value is -1.72. The second-order valence-corrected chi connectivity index (χ2v) is 1.73. The molecule has 2 heterocycles. The molecule has 2 aromatic rings. The Labute approximate surface area is 55.9 Å². The van der Waals surface area contributed by atoms with Gasteiger partial charge in [0.1, 0.15) is 12.4 Å². The lowest BCUT2D eigenvalue weighted by molar-refractivity contribution is -0.663. The van der Waals surface area contributed by atoms with Crippen LogP contribution < -0.4 is 4.68 Å². The minimum Gasteiger partial charge on any atom is -0.146 e. The van der Waals surface area contributed by atoms with Crippen molar-refractivity contribution in [3.63, 3.8) is 0 Å². The number of aromatic nitrogens is 6. The van der Waals surface area contributed by atoms with E-state index in [1.54, 1.807) is 23.3 Å². The maximum Gasteiger partial charge on any atom is 0.329 e. The standard InChI is InChI=1S/C4H4N6/c1-2-10(9-5-1)4-3-6-8-7-4/h1-3H,(H,6,7,8)/p+1. The molecule has 0 aliphatic heterocycles. The molecule has 2 aromatic heterocycles. The smallest absolute Gasteiger partial charge is 0.146 e. The summed E-state index contributed by atoms with van der Waals surface area (Å²) in [6, 6.07) is 0. The van der Waals surface area contributed by atoms with Crippen molar-refractivity contribution in [2.75, 3.05) is 0 Å². The Morgan fingerprint density at radius 3 is 3.00 bits per heavy atom. The summed E-state index contributed by atoms with van der Waals surface area (Å²) in [4.78, 5) is 0. The molecule has 0 aliphatic carbocycles. The summed E-state index contributed by atoms with van der Waals surface area (Å²) < 4.78 is 1.64. The van der Waals surface area contributed by atoms with Crippen molar-refractivity contribution in [1.29, 1.82) is 0 Å². The van der Waals surface area contributed by atoms with Gasteiger partial charge in [-0.05, 0) is 5.10 Å². The fourth-order valence-corrected chi connectivity index (χ4v) is 0.668. The number of hydrogen-bond donors (Lipinski definition) is 2. The molecule has 6 heteroatoms. The Balaban J connectivity index is 2.48. The van der Waals surface area contributed by atoms with E-state index in [2.05, 4.69) is 25.7 Å². The zero-order valence-corrected chi connectivity index (χ0v) is 5.02. The summed E-state index contributed by atoms with van der Waals surface area (Å²) in [5.41, 5.74) is 0. The zero-order valence-electron chi connectivity index (χ0n) is 5.02. The van der Waals surface area contributed by atoms with Gasteiger partial charge in [-0.3, -0.25) is 0 Å². The van der Waals surface area contributed by atoms with Crippen molar-refractivity contribution in [3.8, 4) is 5.82 Å². The summed E-state index contributed by atoms with van der Waals surface area (Å²) in [5.74, 6) is 0.692. The monoisotopic (exact) mass is 137 g/mol. The van der Waals surface area contributed by atoms with Crippen LogP contribution in [0.15, 0.2) is 18.6 Å². The minimum atomic E-state index is 0.692. The quantitative estimate of drug-likeness (QED) is 0.485. The average molecular weight is 137 g/mol. The highest BCUT2D eigenvalue weighted by Crippen LogP contribution is 1.81. The van der Waals surface area contributed by atoms with E-state index < -0.39 is 0 Å². The number of aromatic amines is 2. The lowest BCUT2D eigenvalue weighted by Crippen LogP contribution is -2.32. The number of H-pyrrole nitrogens is 2. The van der Waals surface area contributed by atoms with Crippen LogP contribution in [0.2, 0.25) is 0 Å². The number of rotatable bonds is 1. The molecular weight excluding hydrogens is 132 g/mol. The van der Waals surface area contributed by atoms with Crippen LogP contribution >= 0.6 is 0 Å². The molecule has 0 fully saturated rings. The number of nitrogens with one attached hydrogen (secondary N) is 2. The van der Waals surface area contributed by atoms with Crippen molar-refractivity contribution in [2.24, 2.45) is 0 Å². The molecule has 6 nitrogen and oxygen atoms in total. The summed E-state index contributed by atoms with van der Waals surface area (Å²) in [6.07, 6.45) is 4.98. The molecule has 2 rings (SSSR count). The maximum atomic E-state index is 3.81. The molecular formula is C4H5N6+. The second kappa shape index (κ2) is 1.90. The van der Waals surface area contributed by atoms with Gasteiger partial charge in [-0.1, -0.05) is 0 Å². The predicted octanol–water partition coefficient (Wildman–Crippen LogP) is -1.20. The number of hydrogen-bond acceptors (Lipinski definition) is 3. The van der Waals surface area contributed by atoms with Crippen LogP contribution in [0.4, 0.5) is 0 Å². The molecule has 0 aliphatic rings.